The van der Waals surface area contributed by atoms with Gasteiger partial charge in [-0.05, 0) is 12.3 Å². The van der Waals surface area contributed by atoms with Gasteiger partial charge in [0.05, 0.1) is 5.69 Å². The van der Waals surface area contributed by atoms with Crippen molar-refractivity contribution in [1.82, 2.24) is 15.3 Å². The summed E-state index contributed by atoms with van der Waals surface area (Å²) in [5.41, 5.74) is 2.49. The SMILES string of the molecule is c1nc2c(c(NCCC3CCCCC3)n1)CNCC2. The summed E-state index contributed by atoms with van der Waals surface area (Å²) < 4.78 is 0. The molecule has 1 fully saturated rings. The Balaban J connectivity index is 1.54. The first-order valence-electron chi connectivity index (χ1n) is 7.71. The van der Waals surface area contributed by atoms with E-state index in [0.717, 1.165) is 37.8 Å². The highest BCUT2D eigenvalue weighted by molar-refractivity contribution is 5.46. The molecule has 1 aliphatic carbocycles. The van der Waals surface area contributed by atoms with Gasteiger partial charge < -0.3 is 10.6 Å². The van der Waals surface area contributed by atoms with Gasteiger partial charge in [0, 0.05) is 31.6 Å². The average molecular weight is 260 g/mol. The first-order chi connectivity index (χ1) is 9.43. The number of fused-ring (bicyclic) bond motifs is 1. The Labute approximate surface area is 115 Å². The number of hydrogen-bond acceptors (Lipinski definition) is 4. The maximum Gasteiger partial charge on any atom is 0.134 e. The highest BCUT2D eigenvalue weighted by Gasteiger charge is 2.16. The van der Waals surface area contributed by atoms with Gasteiger partial charge in [-0.3, -0.25) is 0 Å². The Morgan fingerprint density at radius 1 is 1.21 bits per heavy atom. The predicted octanol–water partition coefficient (Wildman–Crippen LogP) is 2.50. The summed E-state index contributed by atoms with van der Waals surface area (Å²) in [6, 6.07) is 0. The van der Waals surface area contributed by atoms with Gasteiger partial charge in [0.25, 0.3) is 0 Å². The van der Waals surface area contributed by atoms with Crippen LogP contribution in [0.1, 0.15) is 49.8 Å². The van der Waals surface area contributed by atoms with Crippen LogP contribution in [0.3, 0.4) is 0 Å². The van der Waals surface area contributed by atoms with Crippen LogP contribution in [-0.2, 0) is 13.0 Å². The second-order valence-corrected chi connectivity index (χ2v) is 5.79. The molecule has 1 aliphatic heterocycles. The number of hydrogen-bond donors (Lipinski definition) is 2. The molecule has 2 heterocycles. The van der Waals surface area contributed by atoms with Crippen LogP contribution in [0, 0.1) is 5.92 Å². The fourth-order valence-corrected chi connectivity index (χ4v) is 3.29. The van der Waals surface area contributed by atoms with Gasteiger partial charge in [-0.2, -0.15) is 0 Å². The zero-order chi connectivity index (χ0) is 12.9. The number of anilines is 1. The Kier molecular flexibility index (Phi) is 4.28. The molecule has 0 amide bonds. The van der Waals surface area contributed by atoms with E-state index in [2.05, 4.69) is 20.6 Å². The van der Waals surface area contributed by atoms with E-state index in [9.17, 15) is 0 Å². The molecule has 4 heteroatoms. The van der Waals surface area contributed by atoms with Gasteiger partial charge >= 0.3 is 0 Å². The Morgan fingerprint density at radius 3 is 3.00 bits per heavy atom. The molecule has 0 saturated heterocycles. The van der Waals surface area contributed by atoms with E-state index in [4.69, 9.17) is 0 Å². The minimum Gasteiger partial charge on any atom is -0.370 e. The third-order valence-corrected chi connectivity index (χ3v) is 4.44. The molecule has 0 aromatic carbocycles. The molecule has 19 heavy (non-hydrogen) atoms. The number of rotatable bonds is 4. The van der Waals surface area contributed by atoms with E-state index in [1.54, 1.807) is 6.33 Å². The lowest BCUT2D eigenvalue weighted by atomic mass is 9.87. The summed E-state index contributed by atoms with van der Waals surface area (Å²) in [4.78, 5) is 8.80. The maximum atomic E-state index is 4.41. The molecule has 0 unspecified atom stereocenters. The van der Waals surface area contributed by atoms with E-state index >= 15 is 0 Å². The molecule has 3 rings (SSSR count). The lowest BCUT2D eigenvalue weighted by Crippen LogP contribution is -2.26. The van der Waals surface area contributed by atoms with Crippen molar-refractivity contribution in [3.05, 3.63) is 17.6 Å². The highest BCUT2D eigenvalue weighted by atomic mass is 15.0. The van der Waals surface area contributed by atoms with Crippen molar-refractivity contribution in [3.63, 3.8) is 0 Å². The molecule has 4 nitrogen and oxygen atoms in total. The van der Waals surface area contributed by atoms with Gasteiger partial charge in [-0.15, -0.1) is 0 Å². The van der Waals surface area contributed by atoms with Gasteiger partial charge in [0.1, 0.15) is 12.1 Å². The first-order valence-corrected chi connectivity index (χ1v) is 7.71. The van der Waals surface area contributed by atoms with Crippen LogP contribution in [0.2, 0.25) is 0 Å². The monoisotopic (exact) mass is 260 g/mol. The fraction of sp³-hybridized carbons (Fsp3) is 0.733. The van der Waals surface area contributed by atoms with E-state index in [0.29, 0.717) is 0 Å². The van der Waals surface area contributed by atoms with Crippen molar-refractivity contribution < 1.29 is 0 Å². The molecule has 0 spiro atoms. The first kappa shape index (κ1) is 12.9. The van der Waals surface area contributed by atoms with Crippen LogP contribution >= 0.6 is 0 Å². The third kappa shape index (κ3) is 3.24. The fourth-order valence-electron chi connectivity index (χ4n) is 3.29. The molecule has 1 aromatic heterocycles. The van der Waals surface area contributed by atoms with Crippen LogP contribution in [0.25, 0.3) is 0 Å². The molecular formula is C15H24N4. The van der Waals surface area contributed by atoms with Crippen molar-refractivity contribution in [3.8, 4) is 0 Å². The molecule has 1 aromatic rings. The molecule has 1 saturated carbocycles. The summed E-state index contributed by atoms with van der Waals surface area (Å²) in [5, 5.41) is 6.93. The number of nitrogens with zero attached hydrogens (tertiary/aromatic N) is 2. The second kappa shape index (κ2) is 6.33. The topological polar surface area (TPSA) is 49.8 Å². The minimum absolute atomic E-state index is 0.905. The predicted molar refractivity (Wildman–Crippen MR) is 77.1 cm³/mol. The molecular weight excluding hydrogens is 236 g/mol. The highest BCUT2D eigenvalue weighted by Crippen LogP contribution is 2.26. The summed E-state index contributed by atoms with van der Waals surface area (Å²) in [6.07, 6.45) is 11.1. The molecule has 2 aliphatic rings. The van der Waals surface area contributed by atoms with Crippen LogP contribution in [0.5, 0.6) is 0 Å². The van der Waals surface area contributed by atoms with Gasteiger partial charge in [-0.1, -0.05) is 32.1 Å². The van der Waals surface area contributed by atoms with Crippen molar-refractivity contribution in [2.45, 2.75) is 51.5 Å². The lowest BCUT2D eigenvalue weighted by Gasteiger charge is -2.23. The van der Waals surface area contributed by atoms with Crippen LogP contribution in [0.15, 0.2) is 6.33 Å². The average Bonchev–Trinajstić information content (AvgIpc) is 2.49. The Hall–Kier alpha value is -1.16. The van der Waals surface area contributed by atoms with E-state index < -0.39 is 0 Å². The summed E-state index contributed by atoms with van der Waals surface area (Å²) in [6.45, 7) is 2.99. The van der Waals surface area contributed by atoms with Crippen molar-refractivity contribution in [2.24, 2.45) is 5.92 Å². The molecule has 104 valence electrons. The molecule has 0 radical (unpaired) electrons. The zero-order valence-electron chi connectivity index (χ0n) is 11.6. The standard InChI is InChI=1S/C15H24N4/c1-2-4-12(5-3-1)6-9-17-15-13-10-16-8-7-14(13)18-11-19-15/h11-12,16H,1-10H2,(H,17,18,19). The summed E-state index contributed by atoms with van der Waals surface area (Å²) in [7, 11) is 0. The Bertz CT molecular complexity index is 413. The van der Waals surface area contributed by atoms with E-state index in [1.165, 1.54) is 49.8 Å². The second-order valence-electron chi connectivity index (χ2n) is 5.79. The molecule has 0 atom stereocenters. The number of aromatic nitrogens is 2. The van der Waals surface area contributed by atoms with Crippen LogP contribution < -0.4 is 10.6 Å². The number of nitrogens with one attached hydrogen (secondary N) is 2. The van der Waals surface area contributed by atoms with Crippen molar-refractivity contribution >= 4 is 5.82 Å². The quantitative estimate of drug-likeness (QED) is 0.873. The van der Waals surface area contributed by atoms with Crippen LogP contribution in [-0.4, -0.2) is 23.1 Å². The van der Waals surface area contributed by atoms with Crippen molar-refractivity contribution in [1.29, 1.82) is 0 Å². The van der Waals surface area contributed by atoms with E-state index in [1.807, 2.05) is 0 Å². The van der Waals surface area contributed by atoms with Gasteiger partial charge in [0.15, 0.2) is 0 Å². The summed E-state index contributed by atoms with van der Waals surface area (Å²) >= 11 is 0. The smallest absolute Gasteiger partial charge is 0.134 e. The maximum absolute atomic E-state index is 4.41. The third-order valence-electron chi connectivity index (χ3n) is 4.44. The lowest BCUT2D eigenvalue weighted by molar-refractivity contribution is 0.345. The normalized spacial score (nSPS) is 20.0. The minimum atomic E-state index is 0.905. The van der Waals surface area contributed by atoms with Crippen molar-refractivity contribution in [2.75, 3.05) is 18.4 Å². The molecule has 0 bridgehead atoms. The molecule has 2 N–H and O–H groups in total. The zero-order valence-corrected chi connectivity index (χ0v) is 11.6. The van der Waals surface area contributed by atoms with Gasteiger partial charge in [-0.25, -0.2) is 9.97 Å². The van der Waals surface area contributed by atoms with Crippen LogP contribution in [0.4, 0.5) is 5.82 Å². The Morgan fingerprint density at radius 2 is 2.11 bits per heavy atom. The summed E-state index contributed by atoms with van der Waals surface area (Å²) in [5.74, 6) is 1.98. The van der Waals surface area contributed by atoms with Gasteiger partial charge in [0.2, 0.25) is 0 Å². The largest absolute Gasteiger partial charge is 0.370 e. The van der Waals surface area contributed by atoms with E-state index in [-0.39, 0.29) is 0 Å².